The van der Waals surface area contributed by atoms with Crippen molar-refractivity contribution in [1.29, 1.82) is 10.7 Å². The number of aromatic nitrogens is 1. The number of halogens is 2. The molecule has 146 valence electrons. The van der Waals surface area contributed by atoms with E-state index in [0.29, 0.717) is 24.3 Å². The Bertz CT molecular complexity index is 1150. The van der Waals surface area contributed by atoms with Gasteiger partial charge in [0.05, 0.1) is 18.1 Å². The monoisotopic (exact) mass is 391 g/mol. The summed E-state index contributed by atoms with van der Waals surface area (Å²) in [5.74, 6) is -0.936. The fourth-order valence-electron chi connectivity index (χ4n) is 2.97. The number of nitrogens with one attached hydrogen (secondary N) is 1. The molecule has 29 heavy (non-hydrogen) atoms. The molecule has 0 fully saturated rings. The molecule has 0 aliphatic rings. The van der Waals surface area contributed by atoms with E-state index in [1.165, 1.54) is 18.2 Å². The van der Waals surface area contributed by atoms with Crippen LogP contribution in [0.5, 0.6) is 5.75 Å². The number of nitriles is 1. The second kappa shape index (κ2) is 8.98. The normalized spacial score (nSPS) is 10.4. The Morgan fingerprint density at radius 3 is 2.66 bits per heavy atom. The summed E-state index contributed by atoms with van der Waals surface area (Å²) in [5, 5.41) is 17.3. The molecule has 0 radical (unpaired) electrons. The van der Waals surface area contributed by atoms with Gasteiger partial charge < -0.3 is 9.30 Å². The van der Waals surface area contributed by atoms with Gasteiger partial charge in [0.25, 0.3) is 0 Å². The van der Waals surface area contributed by atoms with E-state index in [1.807, 2.05) is 24.3 Å². The standard InChI is InChI=1S/C23H19F2N3O/c1-2-20-22(29-15-18-6-7-19(24)13-21(18)25)9-11-28(23(20)27)14-17-5-3-4-16(12-17)8-10-26/h2-7,9,11-13,27H,1,8,14-15H2. The summed E-state index contributed by atoms with van der Waals surface area (Å²) >= 11 is 0. The molecule has 0 atom stereocenters. The first-order valence-electron chi connectivity index (χ1n) is 8.93. The second-order valence-electron chi connectivity index (χ2n) is 6.45. The summed E-state index contributed by atoms with van der Waals surface area (Å²) in [5.41, 5.74) is 2.78. The number of benzene rings is 2. The molecule has 1 aromatic heterocycles. The number of nitrogens with zero attached hydrogens (tertiary/aromatic N) is 2. The summed E-state index contributed by atoms with van der Waals surface area (Å²) in [7, 11) is 0. The number of ether oxygens (including phenoxy) is 1. The van der Waals surface area contributed by atoms with Crippen molar-refractivity contribution in [3.05, 3.63) is 101 Å². The highest BCUT2D eigenvalue weighted by Gasteiger charge is 2.10. The molecule has 4 nitrogen and oxygen atoms in total. The first kappa shape index (κ1) is 20.0. The molecule has 2 aromatic carbocycles. The molecule has 0 amide bonds. The summed E-state index contributed by atoms with van der Waals surface area (Å²) < 4.78 is 34.2. The van der Waals surface area contributed by atoms with Crippen LogP contribution in [0.25, 0.3) is 6.08 Å². The zero-order valence-corrected chi connectivity index (χ0v) is 15.7. The molecule has 3 aromatic rings. The van der Waals surface area contributed by atoms with Gasteiger partial charge in [-0.1, -0.05) is 36.9 Å². The van der Waals surface area contributed by atoms with E-state index in [2.05, 4.69) is 12.6 Å². The molecule has 1 heterocycles. The van der Waals surface area contributed by atoms with Gasteiger partial charge in [0.2, 0.25) is 0 Å². The summed E-state index contributed by atoms with van der Waals surface area (Å²) in [4.78, 5) is 0. The topological polar surface area (TPSA) is 61.8 Å². The van der Waals surface area contributed by atoms with Crippen molar-refractivity contribution < 1.29 is 13.5 Å². The average Bonchev–Trinajstić information content (AvgIpc) is 2.70. The van der Waals surface area contributed by atoms with Crippen LogP contribution in [0.4, 0.5) is 8.78 Å². The minimum atomic E-state index is -0.681. The maximum Gasteiger partial charge on any atom is 0.136 e. The number of pyridine rings is 1. The van der Waals surface area contributed by atoms with Crippen LogP contribution in [-0.4, -0.2) is 4.57 Å². The summed E-state index contributed by atoms with van der Waals surface area (Å²) in [6.45, 7) is 4.11. The second-order valence-corrected chi connectivity index (χ2v) is 6.45. The van der Waals surface area contributed by atoms with Crippen molar-refractivity contribution in [2.75, 3.05) is 0 Å². The highest BCUT2D eigenvalue weighted by molar-refractivity contribution is 5.53. The van der Waals surface area contributed by atoms with Crippen molar-refractivity contribution in [1.82, 2.24) is 4.57 Å². The molecule has 1 N–H and O–H groups in total. The van der Waals surface area contributed by atoms with Crippen molar-refractivity contribution in [3.63, 3.8) is 0 Å². The van der Waals surface area contributed by atoms with Gasteiger partial charge in [-0.3, -0.25) is 5.41 Å². The van der Waals surface area contributed by atoms with Crippen molar-refractivity contribution >= 4 is 6.08 Å². The average molecular weight is 391 g/mol. The van der Waals surface area contributed by atoms with Gasteiger partial charge in [0, 0.05) is 24.4 Å². The van der Waals surface area contributed by atoms with Crippen molar-refractivity contribution in [2.24, 2.45) is 0 Å². The van der Waals surface area contributed by atoms with E-state index in [-0.39, 0.29) is 17.7 Å². The lowest BCUT2D eigenvalue weighted by molar-refractivity contribution is 0.297. The van der Waals surface area contributed by atoms with Gasteiger partial charge in [-0.25, -0.2) is 8.78 Å². The predicted octanol–water partition coefficient (Wildman–Crippen LogP) is 4.58. The van der Waals surface area contributed by atoms with Crippen LogP contribution in [0, 0.1) is 28.4 Å². The summed E-state index contributed by atoms with van der Waals surface area (Å²) in [6, 6.07) is 14.8. The van der Waals surface area contributed by atoms with Crippen LogP contribution in [0.15, 0.2) is 61.3 Å². The van der Waals surface area contributed by atoms with Gasteiger partial charge in [0.1, 0.15) is 29.5 Å². The van der Waals surface area contributed by atoms with Crippen LogP contribution in [-0.2, 0) is 19.6 Å². The van der Waals surface area contributed by atoms with Gasteiger partial charge >= 0.3 is 0 Å². The van der Waals surface area contributed by atoms with Crippen LogP contribution < -0.4 is 10.2 Å². The highest BCUT2D eigenvalue weighted by atomic mass is 19.1. The zero-order chi connectivity index (χ0) is 20.8. The molecule has 0 unspecified atom stereocenters. The highest BCUT2D eigenvalue weighted by Crippen LogP contribution is 2.19. The molecule has 0 spiro atoms. The first-order chi connectivity index (χ1) is 14.0. The molecule has 0 aliphatic heterocycles. The number of rotatable bonds is 7. The molecule has 0 bridgehead atoms. The molecule has 0 aliphatic carbocycles. The molecule has 0 saturated carbocycles. The summed E-state index contributed by atoms with van der Waals surface area (Å²) in [6.07, 6.45) is 3.56. The lowest BCUT2D eigenvalue weighted by Gasteiger charge is -2.14. The maximum absolute atomic E-state index is 13.8. The van der Waals surface area contributed by atoms with E-state index in [0.717, 1.165) is 17.2 Å². The Labute approximate surface area is 167 Å². The smallest absolute Gasteiger partial charge is 0.136 e. The van der Waals surface area contributed by atoms with Crippen molar-refractivity contribution in [3.8, 4) is 11.8 Å². The Morgan fingerprint density at radius 1 is 1.14 bits per heavy atom. The molecule has 3 rings (SSSR count). The Hall–Kier alpha value is -3.72. The molecular formula is C23H19F2N3O. The van der Waals surface area contributed by atoms with Gasteiger partial charge in [-0.2, -0.15) is 5.26 Å². The minimum Gasteiger partial charge on any atom is -0.488 e. The maximum atomic E-state index is 13.8. The lowest BCUT2D eigenvalue weighted by atomic mass is 10.1. The van der Waals surface area contributed by atoms with Gasteiger partial charge in [0.15, 0.2) is 0 Å². The zero-order valence-electron chi connectivity index (χ0n) is 15.7. The number of hydrogen-bond acceptors (Lipinski definition) is 3. The third-order valence-corrected chi connectivity index (χ3v) is 4.44. The quantitative estimate of drug-likeness (QED) is 0.641. The third kappa shape index (κ3) is 4.77. The minimum absolute atomic E-state index is 0.0907. The van der Waals surface area contributed by atoms with Crippen LogP contribution in [0.3, 0.4) is 0 Å². The first-order valence-corrected chi connectivity index (χ1v) is 8.93. The molecule has 0 saturated heterocycles. The van der Waals surface area contributed by atoms with E-state index in [9.17, 15) is 8.78 Å². The predicted molar refractivity (Wildman–Crippen MR) is 106 cm³/mol. The van der Waals surface area contributed by atoms with E-state index in [4.69, 9.17) is 15.4 Å². The molecular weight excluding hydrogens is 372 g/mol. The van der Waals surface area contributed by atoms with Crippen LogP contribution in [0.2, 0.25) is 0 Å². The lowest BCUT2D eigenvalue weighted by Crippen LogP contribution is -2.23. The third-order valence-electron chi connectivity index (χ3n) is 4.44. The van der Waals surface area contributed by atoms with Crippen molar-refractivity contribution in [2.45, 2.75) is 19.6 Å². The largest absolute Gasteiger partial charge is 0.488 e. The number of hydrogen-bond donors (Lipinski definition) is 1. The fourth-order valence-corrected chi connectivity index (χ4v) is 2.97. The van der Waals surface area contributed by atoms with E-state index in [1.54, 1.807) is 16.8 Å². The van der Waals surface area contributed by atoms with E-state index >= 15 is 0 Å². The Kier molecular flexibility index (Phi) is 6.20. The molecule has 6 heteroatoms. The van der Waals surface area contributed by atoms with E-state index < -0.39 is 11.6 Å². The Balaban J connectivity index is 1.82. The van der Waals surface area contributed by atoms with Gasteiger partial charge in [-0.15, -0.1) is 0 Å². The fraction of sp³-hybridized carbons (Fsp3) is 0.130. The van der Waals surface area contributed by atoms with Crippen LogP contribution in [0.1, 0.15) is 22.3 Å². The Morgan fingerprint density at radius 2 is 1.93 bits per heavy atom. The SMILES string of the molecule is C=Cc1c(OCc2ccc(F)cc2F)ccn(Cc2cccc(CC#N)c2)c1=N. The van der Waals surface area contributed by atoms with Gasteiger partial charge in [-0.05, 0) is 29.3 Å². The van der Waals surface area contributed by atoms with Crippen LogP contribution >= 0.6 is 0 Å².